The van der Waals surface area contributed by atoms with Gasteiger partial charge in [-0.05, 0) is 49.4 Å². The Balaban J connectivity index is 1.82. The second-order valence-electron chi connectivity index (χ2n) is 6.42. The van der Waals surface area contributed by atoms with Gasteiger partial charge in [0, 0.05) is 17.5 Å². The molecule has 1 aliphatic rings. The highest BCUT2D eigenvalue weighted by Gasteiger charge is 2.36. The van der Waals surface area contributed by atoms with Crippen LogP contribution in [0.1, 0.15) is 34.0 Å². The molecule has 3 aromatic rings. The fourth-order valence-corrected chi connectivity index (χ4v) is 3.38. The summed E-state index contributed by atoms with van der Waals surface area (Å²) in [6, 6.07) is 11.0. The lowest BCUT2D eigenvalue weighted by Crippen LogP contribution is -2.28. The van der Waals surface area contributed by atoms with Gasteiger partial charge in [-0.2, -0.15) is 5.10 Å². The highest BCUT2D eigenvalue weighted by atomic mass is 19.1. The van der Waals surface area contributed by atoms with E-state index >= 15 is 0 Å². The number of aromatic nitrogens is 2. The maximum atomic E-state index is 13.6. The summed E-state index contributed by atoms with van der Waals surface area (Å²) in [4.78, 5) is 25.2. The number of fused-ring (bicyclic) bond motifs is 1. The zero-order valence-corrected chi connectivity index (χ0v) is 14.4. The number of rotatable bonds is 3. The molecule has 1 aliphatic heterocycles. The quantitative estimate of drug-likeness (QED) is 0.717. The lowest BCUT2D eigenvalue weighted by molar-refractivity contribution is -0.116. The van der Waals surface area contributed by atoms with Crippen molar-refractivity contribution in [3.63, 3.8) is 0 Å². The van der Waals surface area contributed by atoms with Crippen LogP contribution in [0.25, 0.3) is 5.69 Å². The molecule has 0 spiro atoms. The molecule has 27 heavy (non-hydrogen) atoms. The molecule has 0 fully saturated rings. The molecule has 2 aromatic carbocycles. The summed E-state index contributed by atoms with van der Waals surface area (Å²) in [7, 11) is 0. The molecule has 0 bridgehead atoms. The average molecular weight is 367 g/mol. The summed E-state index contributed by atoms with van der Waals surface area (Å²) in [5.74, 6) is -1.87. The van der Waals surface area contributed by atoms with Crippen LogP contribution in [0.15, 0.2) is 48.5 Å². The first kappa shape index (κ1) is 17.1. The van der Waals surface area contributed by atoms with Crippen LogP contribution in [0.4, 0.5) is 14.6 Å². The number of nitrogens with zero attached hydrogens (tertiary/aromatic N) is 2. The van der Waals surface area contributed by atoms with Gasteiger partial charge in [-0.3, -0.25) is 9.59 Å². The molecule has 0 radical (unpaired) electrons. The Morgan fingerprint density at radius 1 is 1.15 bits per heavy atom. The normalized spacial score (nSPS) is 16.0. The van der Waals surface area contributed by atoms with Crippen LogP contribution < -0.4 is 5.32 Å². The second-order valence-corrected chi connectivity index (χ2v) is 6.42. The summed E-state index contributed by atoms with van der Waals surface area (Å²) in [5, 5.41) is 7.14. The summed E-state index contributed by atoms with van der Waals surface area (Å²) in [6.45, 7) is 1.73. The summed E-state index contributed by atoms with van der Waals surface area (Å²) < 4.78 is 28.2. The van der Waals surface area contributed by atoms with E-state index in [1.165, 1.54) is 41.1 Å². The van der Waals surface area contributed by atoms with Gasteiger partial charge in [0.2, 0.25) is 5.91 Å². The molecule has 5 nitrogen and oxygen atoms in total. The predicted octanol–water partition coefficient (Wildman–Crippen LogP) is 3.77. The molecule has 0 saturated heterocycles. The molecule has 1 aromatic heterocycles. The van der Waals surface area contributed by atoms with E-state index in [4.69, 9.17) is 0 Å². The van der Waals surface area contributed by atoms with Gasteiger partial charge in [0.25, 0.3) is 0 Å². The standard InChI is InChI=1S/C20H15F2N3O2/c1-11-18-16(19(27)12-5-7-13(21)8-6-12)10-17(26)23-20(18)25(24-11)15-4-2-3-14(22)9-15/h2-9,16H,10H2,1H3,(H,23,26). The zero-order chi connectivity index (χ0) is 19.1. The van der Waals surface area contributed by atoms with Crippen LogP contribution in [-0.2, 0) is 4.79 Å². The van der Waals surface area contributed by atoms with Crippen molar-refractivity contribution in [1.29, 1.82) is 0 Å². The molecule has 0 saturated carbocycles. The Labute approximate surface area is 153 Å². The van der Waals surface area contributed by atoms with E-state index in [2.05, 4.69) is 10.4 Å². The molecule has 1 amide bonds. The molecule has 1 N–H and O–H groups in total. The lowest BCUT2D eigenvalue weighted by atomic mass is 9.85. The predicted molar refractivity (Wildman–Crippen MR) is 95.0 cm³/mol. The number of amides is 1. The Bertz CT molecular complexity index is 1060. The van der Waals surface area contributed by atoms with E-state index in [0.717, 1.165) is 0 Å². The van der Waals surface area contributed by atoms with Crippen molar-refractivity contribution in [2.75, 3.05) is 5.32 Å². The number of carbonyl (C=O) groups excluding carboxylic acids is 2. The van der Waals surface area contributed by atoms with Crippen LogP contribution in [0.5, 0.6) is 0 Å². The van der Waals surface area contributed by atoms with E-state index in [1.807, 2.05) is 0 Å². The van der Waals surface area contributed by atoms with Crippen molar-refractivity contribution in [3.8, 4) is 5.69 Å². The van der Waals surface area contributed by atoms with Gasteiger partial charge < -0.3 is 5.32 Å². The van der Waals surface area contributed by atoms with Crippen molar-refractivity contribution in [1.82, 2.24) is 9.78 Å². The third kappa shape index (κ3) is 3.01. The molecule has 4 rings (SSSR count). The highest BCUT2D eigenvalue weighted by Crippen LogP contribution is 2.38. The van der Waals surface area contributed by atoms with Gasteiger partial charge >= 0.3 is 0 Å². The lowest BCUT2D eigenvalue weighted by Gasteiger charge is -2.23. The number of hydrogen-bond donors (Lipinski definition) is 1. The SMILES string of the molecule is Cc1nn(-c2cccc(F)c2)c2c1C(C(=O)c1ccc(F)cc1)CC(=O)N2. The fraction of sp³-hybridized carbons (Fsp3) is 0.150. The number of nitrogens with one attached hydrogen (secondary N) is 1. The Hall–Kier alpha value is -3.35. The topological polar surface area (TPSA) is 64.0 Å². The van der Waals surface area contributed by atoms with Gasteiger partial charge in [-0.25, -0.2) is 13.5 Å². The second kappa shape index (κ2) is 6.42. The van der Waals surface area contributed by atoms with E-state index in [9.17, 15) is 18.4 Å². The minimum Gasteiger partial charge on any atom is -0.310 e. The maximum Gasteiger partial charge on any atom is 0.226 e. The first-order valence-corrected chi connectivity index (χ1v) is 8.39. The van der Waals surface area contributed by atoms with Gasteiger partial charge in [0.1, 0.15) is 17.5 Å². The maximum absolute atomic E-state index is 13.6. The smallest absolute Gasteiger partial charge is 0.226 e. The number of aryl methyl sites for hydroxylation is 1. The molecular weight excluding hydrogens is 352 g/mol. The van der Waals surface area contributed by atoms with Crippen molar-refractivity contribution < 1.29 is 18.4 Å². The van der Waals surface area contributed by atoms with Gasteiger partial charge in [-0.15, -0.1) is 0 Å². The molecule has 0 aliphatic carbocycles. The molecule has 1 atom stereocenters. The summed E-state index contributed by atoms with van der Waals surface area (Å²) in [6.07, 6.45) is -0.0289. The van der Waals surface area contributed by atoms with E-state index < -0.39 is 17.6 Å². The van der Waals surface area contributed by atoms with Crippen LogP contribution in [0, 0.1) is 18.6 Å². The van der Waals surface area contributed by atoms with Crippen LogP contribution in [-0.4, -0.2) is 21.5 Å². The third-order valence-corrected chi connectivity index (χ3v) is 4.60. The number of hydrogen-bond acceptors (Lipinski definition) is 3. The van der Waals surface area contributed by atoms with Crippen molar-refractivity contribution in [2.24, 2.45) is 0 Å². The van der Waals surface area contributed by atoms with Crippen molar-refractivity contribution >= 4 is 17.5 Å². The summed E-state index contributed by atoms with van der Waals surface area (Å²) in [5.41, 5.74) is 1.91. The third-order valence-electron chi connectivity index (χ3n) is 4.60. The van der Waals surface area contributed by atoms with Crippen LogP contribution in [0.3, 0.4) is 0 Å². The number of Topliss-reactive ketones (excluding diaryl/α,β-unsaturated/α-hetero) is 1. The Morgan fingerprint density at radius 3 is 2.59 bits per heavy atom. The van der Waals surface area contributed by atoms with Gasteiger partial charge in [0.15, 0.2) is 5.78 Å². The molecule has 136 valence electrons. The molecule has 7 heteroatoms. The van der Waals surface area contributed by atoms with Gasteiger partial charge in [-0.1, -0.05) is 6.07 Å². The minimum atomic E-state index is -0.735. The van der Waals surface area contributed by atoms with E-state index in [0.29, 0.717) is 28.3 Å². The first-order valence-electron chi connectivity index (χ1n) is 8.39. The van der Waals surface area contributed by atoms with Crippen molar-refractivity contribution in [3.05, 3.63) is 77.0 Å². The fourth-order valence-electron chi connectivity index (χ4n) is 3.38. The van der Waals surface area contributed by atoms with Crippen LogP contribution >= 0.6 is 0 Å². The number of ketones is 1. The highest BCUT2D eigenvalue weighted by molar-refractivity contribution is 6.07. The number of halogens is 2. The molecular formula is C20H15F2N3O2. The Morgan fingerprint density at radius 2 is 1.89 bits per heavy atom. The number of carbonyl (C=O) groups is 2. The monoisotopic (exact) mass is 367 g/mol. The van der Waals surface area contributed by atoms with E-state index in [-0.39, 0.29) is 18.1 Å². The minimum absolute atomic E-state index is 0.0289. The first-order chi connectivity index (χ1) is 12.9. The molecule has 2 heterocycles. The number of anilines is 1. The average Bonchev–Trinajstić information content (AvgIpc) is 2.97. The largest absolute Gasteiger partial charge is 0.310 e. The Kier molecular flexibility index (Phi) is 4.07. The van der Waals surface area contributed by atoms with Crippen molar-refractivity contribution in [2.45, 2.75) is 19.3 Å². The molecule has 1 unspecified atom stereocenters. The van der Waals surface area contributed by atoms with E-state index in [1.54, 1.807) is 19.1 Å². The zero-order valence-electron chi connectivity index (χ0n) is 14.4. The van der Waals surface area contributed by atoms with Crippen LogP contribution in [0.2, 0.25) is 0 Å². The number of benzene rings is 2. The summed E-state index contributed by atoms with van der Waals surface area (Å²) >= 11 is 0. The van der Waals surface area contributed by atoms with Gasteiger partial charge in [0.05, 0.1) is 17.3 Å².